The predicted molar refractivity (Wildman–Crippen MR) is 84.0 cm³/mol. The molecule has 1 saturated heterocycles. The molecule has 0 bridgehead atoms. The zero-order valence-electron chi connectivity index (χ0n) is 11.7. The van der Waals surface area contributed by atoms with Gasteiger partial charge in [0, 0.05) is 23.7 Å². The van der Waals surface area contributed by atoms with Gasteiger partial charge in [0.1, 0.15) is 0 Å². The molecule has 106 valence electrons. The number of rotatable bonds is 4. The molecule has 1 aromatic heterocycles. The smallest absolute Gasteiger partial charge is 0.228 e. The van der Waals surface area contributed by atoms with Crippen LogP contribution in [0.15, 0.2) is 17.5 Å². The fraction of sp³-hybridized carbons (Fsp3) is 0.643. The van der Waals surface area contributed by atoms with Crippen LogP contribution in [0.25, 0.3) is 0 Å². The van der Waals surface area contributed by atoms with Gasteiger partial charge in [0.2, 0.25) is 5.91 Å². The summed E-state index contributed by atoms with van der Waals surface area (Å²) in [5.74, 6) is 2.53. The van der Waals surface area contributed by atoms with Crippen LogP contribution in [0.2, 0.25) is 0 Å². The Hall–Kier alpha value is -0.520. The maximum atomic E-state index is 12.5. The third-order valence-corrected chi connectivity index (χ3v) is 5.31. The number of carbonyl (C=O) groups is 1. The maximum absolute atomic E-state index is 12.5. The Morgan fingerprint density at radius 1 is 1.53 bits per heavy atom. The van der Waals surface area contributed by atoms with E-state index in [0.717, 1.165) is 25.3 Å². The van der Waals surface area contributed by atoms with Crippen LogP contribution in [0.4, 0.5) is 0 Å². The van der Waals surface area contributed by atoms with Gasteiger partial charge in [-0.25, -0.2) is 0 Å². The van der Waals surface area contributed by atoms with Crippen LogP contribution >= 0.6 is 23.1 Å². The molecule has 1 amide bonds. The van der Waals surface area contributed by atoms with Crippen LogP contribution in [0.1, 0.15) is 11.3 Å². The summed E-state index contributed by atoms with van der Waals surface area (Å²) in [6, 6.07) is 4.42. The lowest BCUT2D eigenvalue weighted by molar-refractivity contribution is -0.132. The number of likely N-dealkylation sites (N-methyl/N-ethyl adjacent to an activating group) is 1. The van der Waals surface area contributed by atoms with Gasteiger partial charge in [-0.3, -0.25) is 4.79 Å². The topological polar surface area (TPSA) is 23.6 Å². The molecule has 1 aliphatic rings. The van der Waals surface area contributed by atoms with Crippen LogP contribution in [0.5, 0.6) is 0 Å². The van der Waals surface area contributed by atoms with Gasteiger partial charge in [0.15, 0.2) is 0 Å². The zero-order chi connectivity index (χ0) is 13.7. The number of carbonyl (C=O) groups excluding carboxylic acids is 1. The Kier molecular flexibility index (Phi) is 5.73. The molecule has 0 unspecified atom stereocenters. The van der Waals surface area contributed by atoms with Crippen LogP contribution in [0.3, 0.4) is 0 Å². The van der Waals surface area contributed by atoms with Crippen LogP contribution in [-0.4, -0.2) is 60.4 Å². The average Bonchev–Trinajstić information content (AvgIpc) is 2.74. The van der Waals surface area contributed by atoms with E-state index < -0.39 is 0 Å². The van der Waals surface area contributed by atoms with Gasteiger partial charge in [0.05, 0.1) is 12.5 Å². The lowest BCUT2D eigenvalue weighted by Crippen LogP contribution is -2.47. The monoisotopic (exact) mass is 298 g/mol. The molecule has 1 aromatic rings. The lowest BCUT2D eigenvalue weighted by Gasteiger charge is -2.31. The fourth-order valence-corrected chi connectivity index (χ4v) is 4.15. The molecule has 1 aliphatic heterocycles. The van der Waals surface area contributed by atoms with E-state index in [2.05, 4.69) is 30.0 Å². The largest absolute Gasteiger partial charge is 0.337 e. The Morgan fingerprint density at radius 2 is 2.37 bits per heavy atom. The lowest BCUT2D eigenvalue weighted by atomic mass is 10.2. The van der Waals surface area contributed by atoms with Gasteiger partial charge in [-0.2, -0.15) is 11.8 Å². The van der Waals surface area contributed by atoms with E-state index in [-0.39, 0.29) is 5.91 Å². The summed E-state index contributed by atoms with van der Waals surface area (Å²) in [6.45, 7) is 1.87. The van der Waals surface area contributed by atoms with Crippen molar-refractivity contribution in [3.63, 3.8) is 0 Å². The molecule has 2 heterocycles. The van der Waals surface area contributed by atoms with E-state index in [0.29, 0.717) is 12.5 Å². The quantitative estimate of drug-likeness (QED) is 0.851. The molecular weight excluding hydrogens is 276 g/mol. The molecule has 0 aliphatic carbocycles. The van der Waals surface area contributed by atoms with Gasteiger partial charge in [-0.05, 0) is 37.7 Å². The number of amides is 1. The molecule has 0 saturated carbocycles. The third kappa shape index (κ3) is 4.51. The van der Waals surface area contributed by atoms with E-state index >= 15 is 0 Å². The first-order chi connectivity index (χ1) is 9.16. The Labute approximate surface area is 124 Å². The second kappa shape index (κ2) is 7.31. The summed E-state index contributed by atoms with van der Waals surface area (Å²) in [4.78, 5) is 18.0. The second-order valence-electron chi connectivity index (χ2n) is 5.19. The molecule has 5 heteroatoms. The summed E-state index contributed by atoms with van der Waals surface area (Å²) in [5, 5.41) is 2.04. The zero-order valence-corrected chi connectivity index (χ0v) is 13.3. The summed E-state index contributed by atoms with van der Waals surface area (Å²) in [5.41, 5.74) is 0. The number of thioether (sulfide) groups is 1. The van der Waals surface area contributed by atoms with Crippen LogP contribution < -0.4 is 0 Å². The van der Waals surface area contributed by atoms with Crippen molar-refractivity contribution in [1.82, 2.24) is 9.80 Å². The number of hydrogen-bond acceptors (Lipinski definition) is 4. The molecular formula is C14H22N2OS2. The Balaban J connectivity index is 2.01. The molecule has 19 heavy (non-hydrogen) atoms. The molecule has 3 nitrogen and oxygen atoms in total. The first kappa shape index (κ1) is 14.9. The molecule has 0 aromatic carbocycles. The minimum atomic E-state index is 0.289. The van der Waals surface area contributed by atoms with Crippen molar-refractivity contribution in [3.8, 4) is 0 Å². The summed E-state index contributed by atoms with van der Waals surface area (Å²) in [7, 11) is 4.16. The van der Waals surface area contributed by atoms with Crippen molar-refractivity contribution in [2.75, 3.05) is 38.7 Å². The maximum Gasteiger partial charge on any atom is 0.228 e. The second-order valence-corrected chi connectivity index (χ2v) is 7.37. The van der Waals surface area contributed by atoms with Gasteiger partial charge in [-0.15, -0.1) is 11.3 Å². The molecule has 0 radical (unpaired) electrons. The first-order valence-corrected chi connectivity index (χ1v) is 8.74. The summed E-state index contributed by atoms with van der Waals surface area (Å²) >= 11 is 3.65. The van der Waals surface area contributed by atoms with Crippen molar-refractivity contribution in [1.29, 1.82) is 0 Å². The standard InChI is InChI=1S/C14H22N2OS2/c1-15(2)10-12-11-18-7-4-6-16(12)14(17)9-13-5-3-8-19-13/h3,5,8,12H,4,6-7,9-11H2,1-2H3/t12-/m0/s1. The van der Waals surface area contributed by atoms with E-state index in [9.17, 15) is 4.79 Å². The highest BCUT2D eigenvalue weighted by atomic mass is 32.2. The van der Waals surface area contributed by atoms with E-state index in [1.54, 1.807) is 11.3 Å². The van der Waals surface area contributed by atoms with Gasteiger partial charge in [0.25, 0.3) is 0 Å². The molecule has 1 atom stereocenters. The summed E-state index contributed by atoms with van der Waals surface area (Å²) in [6.07, 6.45) is 1.68. The average molecular weight is 298 g/mol. The Morgan fingerprint density at radius 3 is 3.05 bits per heavy atom. The predicted octanol–water partition coefficient (Wildman–Crippen LogP) is 2.19. The van der Waals surface area contributed by atoms with Crippen molar-refractivity contribution in [2.45, 2.75) is 18.9 Å². The van der Waals surface area contributed by atoms with Gasteiger partial charge in [-0.1, -0.05) is 6.07 Å². The van der Waals surface area contributed by atoms with Crippen molar-refractivity contribution in [2.24, 2.45) is 0 Å². The van der Waals surface area contributed by atoms with E-state index in [4.69, 9.17) is 0 Å². The number of hydrogen-bond donors (Lipinski definition) is 0. The van der Waals surface area contributed by atoms with Crippen molar-refractivity contribution >= 4 is 29.0 Å². The first-order valence-electron chi connectivity index (χ1n) is 6.71. The number of thiophene rings is 1. The third-order valence-electron chi connectivity index (χ3n) is 3.24. The normalized spacial score (nSPS) is 20.6. The molecule has 2 rings (SSSR count). The van der Waals surface area contributed by atoms with E-state index in [1.807, 2.05) is 23.2 Å². The van der Waals surface area contributed by atoms with Gasteiger partial charge >= 0.3 is 0 Å². The molecule has 0 spiro atoms. The fourth-order valence-electron chi connectivity index (χ4n) is 2.39. The molecule has 0 N–H and O–H groups in total. The molecule has 1 fully saturated rings. The van der Waals surface area contributed by atoms with Gasteiger partial charge < -0.3 is 9.80 Å². The number of nitrogens with zero attached hydrogens (tertiary/aromatic N) is 2. The summed E-state index contributed by atoms with van der Waals surface area (Å²) < 4.78 is 0. The van der Waals surface area contributed by atoms with Crippen molar-refractivity contribution in [3.05, 3.63) is 22.4 Å². The highest BCUT2D eigenvalue weighted by molar-refractivity contribution is 7.99. The minimum Gasteiger partial charge on any atom is -0.337 e. The Bertz CT molecular complexity index is 392. The van der Waals surface area contributed by atoms with Crippen LogP contribution in [-0.2, 0) is 11.2 Å². The van der Waals surface area contributed by atoms with E-state index in [1.165, 1.54) is 10.6 Å². The van der Waals surface area contributed by atoms with Crippen LogP contribution in [0, 0.1) is 0 Å². The van der Waals surface area contributed by atoms with Crippen molar-refractivity contribution < 1.29 is 4.79 Å². The SMILES string of the molecule is CN(C)C[C@H]1CSCCCN1C(=O)Cc1cccs1. The highest BCUT2D eigenvalue weighted by Gasteiger charge is 2.26. The highest BCUT2D eigenvalue weighted by Crippen LogP contribution is 2.19. The minimum absolute atomic E-state index is 0.289.